The topological polar surface area (TPSA) is 86.5 Å². The summed E-state index contributed by atoms with van der Waals surface area (Å²) in [7, 11) is 0. The van der Waals surface area contributed by atoms with Gasteiger partial charge in [-0.3, -0.25) is 14.9 Å². The van der Waals surface area contributed by atoms with Crippen LogP contribution in [-0.4, -0.2) is 22.8 Å². The van der Waals surface area contributed by atoms with Crippen LogP contribution < -0.4 is 0 Å². The number of hydrogen-bond donors (Lipinski definition) is 0. The Kier molecular flexibility index (Phi) is 4.09. The maximum absolute atomic E-state index is 13.1. The lowest BCUT2D eigenvalue weighted by Gasteiger charge is -2.56. The average molecular weight is 357 g/mol. The Hall–Kier alpha value is -2.24. The summed E-state index contributed by atoms with van der Waals surface area (Å²) in [5.74, 6) is 1.42. The molecule has 6 heteroatoms. The Labute approximate surface area is 152 Å². The Balaban J connectivity index is 1.44. The number of esters is 1. The summed E-state index contributed by atoms with van der Waals surface area (Å²) < 4.78 is 5.43. The molecule has 0 saturated heterocycles. The van der Waals surface area contributed by atoms with E-state index in [9.17, 15) is 19.7 Å². The summed E-state index contributed by atoms with van der Waals surface area (Å²) in [5.41, 5.74) is -0.163. The lowest BCUT2D eigenvalue weighted by atomic mass is 9.48. The second-order valence-electron chi connectivity index (χ2n) is 8.41. The number of benzene rings is 1. The molecule has 0 radical (unpaired) electrons. The zero-order valence-electron chi connectivity index (χ0n) is 14.8. The smallest absolute Gasteiger partial charge is 0.338 e. The molecule has 0 heterocycles. The predicted octanol–water partition coefficient (Wildman–Crippen LogP) is 3.93. The van der Waals surface area contributed by atoms with E-state index in [4.69, 9.17) is 4.74 Å². The summed E-state index contributed by atoms with van der Waals surface area (Å²) in [6.07, 6.45) is 5.80. The quantitative estimate of drug-likeness (QED) is 0.453. The molecule has 4 saturated carbocycles. The molecule has 4 fully saturated rings. The fourth-order valence-electron chi connectivity index (χ4n) is 5.84. The first kappa shape index (κ1) is 17.2. The molecule has 0 aliphatic heterocycles. The normalized spacial score (nSPS) is 32.9. The zero-order chi connectivity index (χ0) is 18.5. The fourth-order valence-corrected chi connectivity index (χ4v) is 5.84. The monoisotopic (exact) mass is 357 g/mol. The lowest BCUT2D eigenvalue weighted by Crippen LogP contribution is -2.52. The van der Waals surface area contributed by atoms with Crippen LogP contribution in [0.3, 0.4) is 0 Å². The van der Waals surface area contributed by atoms with Gasteiger partial charge in [0.1, 0.15) is 0 Å². The van der Waals surface area contributed by atoms with Crippen molar-refractivity contribution in [3.05, 3.63) is 39.9 Å². The number of nitrogens with zero attached hydrogens (tertiary/aromatic N) is 1. The van der Waals surface area contributed by atoms with Gasteiger partial charge >= 0.3 is 5.97 Å². The molecule has 26 heavy (non-hydrogen) atoms. The Morgan fingerprint density at radius 2 is 1.58 bits per heavy atom. The SMILES string of the molecule is C[C@@H](OC(=O)c1ccc([N+](=O)[O-])cc1)C(=O)C12CC3CC(CC(C3)C1)C2. The molecule has 0 spiro atoms. The molecule has 0 aromatic heterocycles. The Morgan fingerprint density at radius 3 is 2.04 bits per heavy atom. The molecule has 4 aliphatic carbocycles. The van der Waals surface area contributed by atoms with Gasteiger partial charge in [-0.25, -0.2) is 4.79 Å². The molecule has 4 bridgehead atoms. The van der Waals surface area contributed by atoms with Crippen LogP contribution in [-0.2, 0) is 9.53 Å². The van der Waals surface area contributed by atoms with Crippen LogP contribution in [0.25, 0.3) is 0 Å². The maximum atomic E-state index is 13.1. The minimum absolute atomic E-state index is 0.0619. The molecule has 4 aliphatic rings. The van der Waals surface area contributed by atoms with Crippen molar-refractivity contribution >= 4 is 17.4 Å². The molecule has 0 N–H and O–H groups in total. The van der Waals surface area contributed by atoms with Crippen LogP contribution in [0.2, 0.25) is 0 Å². The lowest BCUT2D eigenvalue weighted by molar-refractivity contribution is -0.384. The molecule has 0 unspecified atom stereocenters. The number of ketones is 1. The highest BCUT2D eigenvalue weighted by atomic mass is 16.6. The number of rotatable bonds is 5. The van der Waals surface area contributed by atoms with Crippen LogP contribution >= 0.6 is 0 Å². The van der Waals surface area contributed by atoms with Gasteiger partial charge in [0, 0.05) is 17.5 Å². The summed E-state index contributed by atoms with van der Waals surface area (Å²) >= 11 is 0. The van der Waals surface area contributed by atoms with Gasteiger partial charge < -0.3 is 4.74 Å². The van der Waals surface area contributed by atoms with Gasteiger partial charge in [0.2, 0.25) is 0 Å². The minimum atomic E-state index is -0.783. The zero-order valence-corrected chi connectivity index (χ0v) is 14.8. The third-order valence-electron chi connectivity index (χ3n) is 6.53. The van der Waals surface area contributed by atoms with Gasteiger partial charge in [0.25, 0.3) is 5.69 Å². The van der Waals surface area contributed by atoms with E-state index in [0.29, 0.717) is 17.8 Å². The molecule has 138 valence electrons. The van der Waals surface area contributed by atoms with Crippen molar-refractivity contribution in [2.45, 2.75) is 51.6 Å². The first-order valence-electron chi connectivity index (χ1n) is 9.36. The third-order valence-corrected chi connectivity index (χ3v) is 6.53. The first-order valence-corrected chi connectivity index (χ1v) is 9.36. The highest BCUT2D eigenvalue weighted by Gasteiger charge is 2.55. The molecule has 1 aromatic rings. The van der Waals surface area contributed by atoms with E-state index in [2.05, 4.69) is 0 Å². The molecule has 1 aromatic carbocycles. The van der Waals surface area contributed by atoms with Gasteiger partial charge in [-0.1, -0.05) is 0 Å². The molecule has 5 rings (SSSR count). The van der Waals surface area contributed by atoms with Gasteiger partial charge in [-0.15, -0.1) is 0 Å². The van der Waals surface area contributed by atoms with E-state index >= 15 is 0 Å². The predicted molar refractivity (Wildman–Crippen MR) is 93.6 cm³/mol. The number of hydrogen-bond acceptors (Lipinski definition) is 5. The van der Waals surface area contributed by atoms with Crippen LogP contribution in [0.5, 0.6) is 0 Å². The molecule has 0 amide bonds. The molecule has 1 atom stereocenters. The number of carbonyl (C=O) groups excluding carboxylic acids is 2. The van der Waals surface area contributed by atoms with E-state index in [1.807, 2.05) is 0 Å². The number of nitro groups is 1. The van der Waals surface area contributed by atoms with Gasteiger partial charge in [-0.2, -0.15) is 0 Å². The van der Waals surface area contributed by atoms with Gasteiger partial charge in [0.15, 0.2) is 11.9 Å². The van der Waals surface area contributed by atoms with Crippen molar-refractivity contribution in [3.63, 3.8) is 0 Å². The van der Waals surface area contributed by atoms with Crippen LogP contribution in [0, 0.1) is 33.3 Å². The average Bonchev–Trinajstić information content (AvgIpc) is 2.59. The van der Waals surface area contributed by atoms with E-state index in [1.54, 1.807) is 6.92 Å². The number of nitro benzene ring substituents is 1. The van der Waals surface area contributed by atoms with E-state index in [-0.39, 0.29) is 22.4 Å². The number of carbonyl (C=O) groups is 2. The van der Waals surface area contributed by atoms with Crippen molar-refractivity contribution < 1.29 is 19.2 Å². The van der Waals surface area contributed by atoms with Crippen LogP contribution in [0.4, 0.5) is 5.69 Å². The van der Waals surface area contributed by atoms with Gasteiger partial charge in [-0.05, 0) is 75.3 Å². The Morgan fingerprint density at radius 1 is 1.08 bits per heavy atom. The van der Waals surface area contributed by atoms with Crippen molar-refractivity contribution in [1.29, 1.82) is 0 Å². The molecular weight excluding hydrogens is 334 g/mol. The van der Waals surface area contributed by atoms with Crippen LogP contribution in [0.1, 0.15) is 55.8 Å². The fraction of sp³-hybridized carbons (Fsp3) is 0.600. The standard InChI is InChI=1S/C20H23NO5/c1-12(26-19(23)16-2-4-17(5-3-16)21(24)25)18(22)20-9-13-6-14(10-20)8-15(7-13)11-20/h2-5,12-15H,6-11H2,1H3/t12-,13?,14?,15?,20?/m1/s1. The third kappa shape index (κ3) is 2.91. The number of ether oxygens (including phenoxy) is 1. The van der Waals surface area contributed by atoms with Crippen molar-refractivity contribution in [2.75, 3.05) is 0 Å². The number of Topliss-reactive ketones (excluding diaryl/α,β-unsaturated/α-hetero) is 1. The Bertz CT molecular complexity index is 719. The van der Waals surface area contributed by atoms with Crippen molar-refractivity contribution in [2.24, 2.45) is 23.2 Å². The van der Waals surface area contributed by atoms with Gasteiger partial charge in [0.05, 0.1) is 10.5 Å². The van der Waals surface area contributed by atoms with E-state index in [1.165, 1.54) is 43.5 Å². The van der Waals surface area contributed by atoms with E-state index < -0.39 is 17.0 Å². The summed E-state index contributed by atoms with van der Waals surface area (Å²) in [6.45, 7) is 1.66. The first-order chi connectivity index (χ1) is 12.4. The summed E-state index contributed by atoms with van der Waals surface area (Å²) in [4.78, 5) is 35.6. The second-order valence-corrected chi connectivity index (χ2v) is 8.41. The molecule has 6 nitrogen and oxygen atoms in total. The highest BCUT2D eigenvalue weighted by molar-refractivity contribution is 5.94. The second kappa shape index (κ2) is 6.18. The van der Waals surface area contributed by atoms with Crippen molar-refractivity contribution in [1.82, 2.24) is 0 Å². The van der Waals surface area contributed by atoms with Crippen molar-refractivity contribution in [3.8, 4) is 0 Å². The number of non-ortho nitro benzene ring substituents is 1. The minimum Gasteiger partial charge on any atom is -0.451 e. The molecular formula is C20H23NO5. The van der Waals surface area contributed by atoms with E-state index in [0.717, 1.165) is 19.3 Å². The maximum Gasteiger partial charge on any atom is 0.338 e. The summed E-state index contributed by atoms with van der Waals surface area (Å²) in [5, 5.41) is 10.7. The largest absolute Gasteiger partial charge is 0.451 e. The van der Waals surface area contributed by atoms with Crippen LogP contribution in [0.15, 0.2) is 24.3 Å². The summed E-state index contributed by atoms with van der Waals surface area (Å²) in [6, 6.07) is 5.26. The highest BCUT2D eigenvalue weighted by Crippen LogP contribution is 2.60.